The third-order valence-corrected chi connectivity index (χ3v) is 7.76. The number of piperidine rings is 1. The van der Waals surface area contributed by atoms with E-state index < -0.39 is 5.97 Å². The maximum absolute atomic E-state index is 14.6. The van der Waals surface area contributed by atoms with Gasteiger partial charge >= 0.3 is 5.97 Å². The number of benzene rings is 1. The summed E-state index contributed by atoms with van der Waals surface area (Å²) in [6, 6.07) is 8.68. The Hall–Kier alpha value is -3.22. The molecule has 1 saturated heterocycles. The Balaban J connectivity index is 1.41. The van der Waals surface area contributed by atoms with Crippen LogP contribution < -0.4 is 0 Å². The molecule has 4 atom stereocenters. The van der Waals surface area contributed by atoms with E-state index in [0.29, 0.717) is 30.6 Å². The first-order chi connectivity index (χ1) is 16.5. The Morgan fingerprint density at radius 2 is 2.06 bits per heavy atom. The maximum atomic E-state index is 14.6. The number of amides is 1. The number of carbonyl (C=O) groups is 2. The van der Waals surface area contributed by atoms with Crippen LogP contribution in [0.5, 0.6) is 0 Å². The molecule has 0 radical (unpaired) electrons. The van der Waals surface area contributed by atoms with E-state index in [0.717, 1.165) is 42.1 Å². The van der Waals surface area contributed by atoms with Gasteiger partial charge in [0.25, 0.3) is 0 Å². The maximum Gasteiger partial charge on any atom is 0.306 e. The van der Waals surface area contributed by atoms with Crippen LogP contribution >= 0.6 is 0 Å². The zero-order chi connectivity index (χ0) is 23.8. The monoisotopic (exact) mass is 463 g/mol. The Kier molecular flexibility index (Phi) is 6.11. The summed E-state index contributed by atoms with van der Waals surface area (Å²) in [5.74, 6) is -1.43. The molecule has 1 aliphatic carbocycles. The van der Waals surface area contributed by atoms with Crippen molar-refractivity contribution in [3.8, 4) is 11.3 Å². The fraction of sp³-hybridized carbons (Fsp3) is 0.444. The molecule has 7 heteroatoms. The number of nitrogens with zero attached hydrogens (tertiary/aromatic N) is 2. The number of likely N-dealkylation sites (tertiary alicyclic amines) is 1. The second-order valence-electron chi connectivity index (χ2n) is 9.75. The van der Waals surface area contributed by atoms with Crippen LogP contribution in [0.25, 0.3) is 22.2 Å². The molecule has 2 aromatic heterocycles. The van der Waals surface area contributed by atoms with Gasteiger partial charge in [-0.25, -0.2) is 4.39 Å². The summed E-state index contributed by atoms with van der Waals surface area (Å²) in [6.07, 6.45) is 7.97. The average molecular weight is 464 g/mol. The van der Waals surface area contributed by atoms with E-state index in [1.807, 2.05) is 36.2 Å². The smallest absolute Gasteiger partial charge is 0.306 e. The number of rotatable bonds is 5. The van der Waals surface area contributed by atoms with E-state index in [1.165, 1.54) is 6.07 Å². The molecule has 0 bridgehead atoms. The lowest BCUT2D eigenvalue weighted by Crippen LogP contribution is -2.53. The molecule has 2 fully saturated rings. The lowest BCUT2D eigenvalue weighted by molar-refractivity contribution is -0.152. The van der Waals surface area contributed by atoms with Gasteiger partial charge in [0.2, 0.25) is 5.91 Å². The minimum atomic E-state index is -0.731. The molecule has 1 aliphatic heterocycles. The summed E-state index contributed by atoms with van der Waals surface area (Å²) in [5.41, 5.74) is 2.85. The van der Waals surface area contributed by atoms with E-state index in [-0.39, 0.29) is 35.5 Å². The van der Waals surface area contributed by atoms with Crippen molar-refractivity contribution in [2.75, 3.05) is 6.54 Å². The zero-order valence-electron chi connectivity index (χ0n) is 19.3. The number of carbonyl (C=O) groups excluding carboxylic acids is 1. The number of halogens is 1. The Morgan fingerprint density at radius 3 is 2.85 bits per heavy atom. The highest BCUT2D eigenvalue weighted by molar-refractivity contribution is 5.97. The molecule has 1 saturated carbocycles. The Bertz CT molecular complexity index is 1220. The SMILES string of the molecule is CC(CC(=O)N1CCCC2C(C(=O)O)CCCC21)c1c[nH]c2cccc(-c3ncccc3F)c12. The summed E-state index contributed by atoms with van der Waals surface area (Å²) in [7, 11) is 0. The van der Waals surface area contributed by atoms with Gasteiger partial charge < -0.3 is 15.0 Å². The van der Waals surface area contributed by atoms with E-state index in [2.05, 4.69) is 9.97 Å². The first-order valence-corrected chi connectivity index (χ1v) is 12.2. The fourth-order valence-electron chi connectivity index (χ4n) is 6.17. The number of pyridine rings is 1. The number of aliphatic carboxylic acids is 1. The molecule has 2 N–H and O–H groups in total. The first-order valence-electron chi connectivity index (χ1n) is 12.2. The highest BCUT2D eigenvalue weighted by Crippen LogP contribution is 2.41. The van der Waals surface area contributed by atoms with Gasteiger partial charge in [-0.05, 0) is 61.3 Å². The predicted molar refractivity (Wildman–Crippen MR) is 128 cm³/mol. The second-order valence-corrected chi connectivity index (χ2v) is 9.75. The van der Waals surface area contributed by atoms with E-state index in [4.69, 9.17) is 0 Å². The summed E-state index contributed by atoms with van der Waals surface area (Å²) < 4.78 is 14.6. The quantitative estimate of drug-likeness (QED) is 0.534. The van der Waals surface area contributed by atoms with Crippen LogP contribution in [0.2, 0.25) is 0 Å². The number of aromatic amines is 1. The van der Waals surface area contributed by atoms with Crippen LogP contribution in [0.15, 0.2) is 42.7 Å². The van der Waals surface area contributed by atoms with Crippen molar-refractivity contribution in [3.05, 3.63) is 54.1 Å². The normalized spacial score (nSPS) is 23.5. The van der Waals surface area contributed by atoms with Crippen molar-refractivity contribution in [2.45, 2.75) is 57.4 Å². The molecule has 34 heavy (non-hydrogen) atoms. The number of nitrogens with one attached hydrogen (secondary N) is 1. The largest absolute Gasteiger partial charge is 0.481 e. The zero-order valence-corrected chi connectivity index (χ0v) is 19.3. The van der Waals surface area contributed by atoms with Crippen LogP contribution in [0.3, 0.4) is 0 Å². The minimum absolute atomic E-state index is 0.0180. The minimum Gasteiger partial charge on any atom is -0.481 e. The first kappa shape index (κ1) is 22.6. The fourth-order valence-corrected chi connectivity index (χ4v) is 6.17. The van der Waals surface area contributed by atoms with Crippen molar-refractivity contribution in [1.82, 2.24) is 14.9 Å². The predicted octanol–water partition coefficient (Wildman–Crippen LogP) is 5.35. The van der Waals surface area contributed by atoms with Crippen LogP contribution in [-0.4, -0.2) is 44.4 Å². The van der Waals surface area contributed by atoms with Crippen molar-refractivity contribution >= 4 is 22.8 Å². The molecule has 5 rings (SSSR count). The van der Waals surface area contributed by atoms with Crippen molar-refractivity contribution in [1.29, 1.82) is 0 Å². The van der Waals surface area contributed by atoms with Crippen LogP contribution in [-0.2, 0) is 9.59 Å². The van der Waals surface area contributed by atoms with Crippen molar-refractivity contribution < 1.29 is 19.1 Å². The number of hydrogen-bond donors (Lipinski definition) is 2. The molecule has 2 aliphatic rings. The number of carboxylic acid groups (broad SMARTS) is 1. The number of H-pyrrole nitrogens is 1. The number of hydrogen-bond acceptors (Lipinski definition) is 3. The van der Waals surface area contributed by atoms with E-state index in [9.17, 15) is 19.1 Å². The standard InChI is InChI=1S/C27H30FN3O3/c1-16(14-24(32)31-13-5-8-17-18(27(33)34)6-3-11-23(17)31)20-15-30-22-10-2-7-19(25(20)22)26-21(28)9-4-12-29-26/h2,4,7,9-10,12,15-18,23,30H,3,5-6,8,11,13-14H2,1H3,(H,33,34). The molecule has 0 spiro atoms. The van der Waals surface area contributed by atoms with Crippen LogP contribution in [0.1, 0.15) is 56.9 Å². The topological polar surface area (TPSA) is 86.3 Å². The van der Waals surface area contributed by atoms with Gasteiger partial charge in [0.05, 0.1) is 5.92 Å². The van der Waals surface area contributed by atoms with Gasteiger partial charge in [-0.2, -0.15) is 0 Å². The lowest BCUT2D eigenvalue weighted by atomic mass is 9.71. The van der Waals surface area contributed by atoms with Gasteiger partial charge in [0, 0.05) is 47.9 Å². The van der Waals surface area contributed by atoms with Crippen LogP contribution in [0.4, 0.5) is 4.39 Å². The molecule has 1 aromatic carbocycles. The van der Waals surface area contributed by atoms with Gasteiger partial charge in [0.1, 0.15) is 11.5 Å². The molecular formula is C27H30FN3O3. The van der Waals surface area contributed by atoms with Gasteiger partial charge in [-0.1, -0.05) is 25.5 Å². The lowest BCUT2D eigenvalue weighted by Gasteiger charge is -2.46. The summed E-state index contributed by atoms with van der Waals surface area (Å²) in [5, 5.41) is 10.6. The highest BCUT2D eigenvalue weighted by Gasteiger charge is 2.43. The highest BCUT2D eigenvalue weighted by atomic mass is 19.1. The number of fused-ring (bicyclic) bond motifs is 2. The Morgan fingerprint density at radius 1 is 1.21 bits per heavy atom. The second kappa shape index (κ2) is 9.20. The number of aromatic nitrogens is 2. The molecule has 178 valence electrons. The van der Waals surface area contributed by atoms with Crippen molar-refractivity contribution in [2.24, 2.45) is 11.8 Å². The van der Waals surface area contributed by atoms with Gasteiger partial charge in [-0.3, -0.25) is 14.6 Å². The third-order valence-electron chi connectivity index (χ3n) is 7.76. The average Bonchev–Trinajstić information content (AvgIpc) is 3.28. The molecule has 3 aromatic rings. The van der Waals surface area contributed by atoms with Crippen LogP contribution in [0, 0.1) is 17.7 Å². The molecular weight excluding hydrogens is 433 g/mol. The summed E-state index contributed by atoms with van der Waals surface area (Å²) in [4.78, 5) is 34.7. The van der Waals surface area contributed by atoms with E-state index >= 15 is 0 Å². The Labute approximate surface area is 198 Å². The molecule has 6 nitrogen and oxygen atoms in total. The van der Waals surface area contributed by atoms with Gasteiger partial charge in [0.15, 0.2) is 0 Å². The third kappa shape index (κ3) is 3.97. The number of carboxylic acids is 1. The molecule has 4 unspecified atom stereocenters. The molecule has 1 amide bonds. The summed E-state index contributed by atoms with van der Waals surface area (Å²) >= 11 is 0. The summed E-state index contributed by atoms with van der Waals surface area (Å²) in [6.45, 7) is 2.71. The van der Waals surface area contributed by atoms with Crippen molar-refractivity contribution in [3.63, 3.8) is 0 Å². The molecule has 3 heterocycles. The van der Waals surface area contributed by atoms with E-state index in [1.54, 1.807) is 12.3 Å². The van der Waals surface area contributed by atoms with Gasteiger partial charge in [-0.15, -0.1) is 0 Å².